The van der Waals surface area contributed by atoms with Crippen LogP contribution in [0, 0.1) is 11.3 Å². The summed E-state index contributed by atoms with van der Waals surface area (Å²) in [5.41, 5.74) is 11.0. The van der Waals surface area contributed by atoms with Crippen LogP contribution in [0.5, 0.6) is 0 Å². The monoisotopic (exact) mass is 652 g/mol. The normalized spacial score (nSPS) is 11.1. The van der Waals surface area contributed by atoms with Gasteiger partial charge in [-0.05, 0) is 63.7 Å². The number of hydrogen-bond donors (Lipinski definition) is 0. The zero-order chi connectivity index (χ0) is 34.1. The van der Waals surface area contributed by atoms with Gasteiger partial charge in [-0.3, -0.25) is 0 Å². The van der Waals surface area contributed by atoms with Crippen molar-refractivity contribution in [2.45, 2.75) is 0 Å². The first-order valence-corrected chi connectivity index (χ1v) is 16.7. The Kier molecular flexibility index (Phi) is 7.46. The van der Waals surface area contributed by atoms with Crippen molar-refractivity contribution >= 4 is 21.9 Å². The van der Waals surface area contributed by atoms with Gasteiger partial charge in [-0.2, -0.15) is 5.26 Å². The van der Waals surface area contributed by atoms with Gasteiger partial charge >= 0.3 is 0 Å². The van der Waals surface area contributed by atoms with Gasteiger partial charge in [0.1, 0.15) is 11.2 Å². The lowest BCUT2D eigenvalue weighted by atomic mass is 9.95. The van der Waals surface area contributed by atoms with E-state index < -0.39 is 0 Å². The minimum Gasteiger partial charge on any atom is -0.456 e. The van der Waals surface area contributed by atoms with Crippen molar-refractivity contribution in [3.8, 4) is 73.6 Å². The van der Waals surface area contributed by atoms with E-state index in [-0.39, 0.29) is 0 Å². The molecule has 0 amide bonds. The third-order valence-corrected chi connectivity index (χ3v) is 9.18. The molecule has 0 aliphatic heterocycles. The molecular formula is C46H28N4O. The Morgan fingerprint density at radius 3 is 1.47 bits per heavy atom. The van der Waals surface area contributed by atoms with Gasteiger partial charge in [-0.25, -0.2) is 15.0 Å². The van der Waals surface area contributed by atoms with Crippen molar-refractivity contribution in [3.05, 3.63) is 175 Å². The van der Waals surface area contributed by atoms with Crippen molar-refractivity contribution in [2.75, 3.05) is 0 Å². The molecule has 0 N–H and O–H groups in total. The lowest BCUT2D eigenvalue weighted by Gasteiger charge is -2.11. The fraction of sp³-hybridized carbons (Fsp3) is 0. The molecule has 0 saturated heterocycles. The highest BCUT2D eigenvalue weighted by Crippen LogP contribution is 2.40. The number of hydrogen-bond acceptors (Lipinski definition) is 5. The molecule has 5 heteroatoms. The first-order chi connectivity index (χ1) is 25.2. The van der Waals surface area contributed by atoms with Crippen LogP contribution < -0.4 is 0 Å². The van der Waals surface area contributed by atoms with Gasteiger partial charge in [0.05, 0.1) is 11.6 Å². The number of nitrogens with zero attached hydrogens (tertiary/aromatic N) is 4. The van der Waals surface area contributed by atoms with Crippen LogP contribution in [0.3, 0.4) is 0 Å². The highest BCUT2D eigenvalue weighted by Gasteiger charge is 2.19. The smallest absolute Gasteiger partial charge is 0.164 e. The Morgan fingerprint density at radius 1 is 0.392 bits per heavy atom. The zero-order valence-electron chi connectivity index (χ0n) is 27.4. The predicted molar refractivity (Wildman–Crippen MR) is 204 cm³/mol. The Hall–Kier alpha value is -7.16. The van der Waals surface area contributed by atoms with E-state index in [2.05, 4.69) is 91.0 Å². The molecule has 51 heavy (non-hydrogen) atoms. The van der Waals surface area contributed by atoms with Crippen LogP contribution in [-0.4, -0.2) is 15.0 Å². The first-order valence-electron chi connectivity index (χ1n) is 16.7. The fourth-order valence-corrected chi connectivity index (χ4v) is 6.62. The van der Waals surface area contributed by atoms with Crippen molar-refractivity contribution in [1.29, 1.82) is 5.26 Å². The van der Waals surface area contributed by atoms with Gasteiger partial charge in [0.15, 0.2) is 17.5 Å². The van der Waals surface area contributed by atoms with E-state index in [1.165, 1.54) is 0 Å². The first kappa shape index (κ1) is 29.9. The molecule has 0 atom stereocenters. The van der Waals surface area contributed by atoms with Gasteiger partial charge in [0.2, 0.25) is 0 Å². The number of para-hydroxylation sites is 1. The number of nitriles is 1. The molecule has 9 aromatic rings. The van der Waals surface area contributed by atoms with E-state index in [0.717, 1.165) is 66.4 Å². The third-order valence-electron chi connectivity index (χ3n) is 9.18. The second-order valence-electron chi connectivity index (χ2n) is 12.4. The molecule has 0 aliphatic carbocycles. The van der Waals surface area contributed by atoms with E-state index in [0.29, 0.717) is 28.6 Å². The molecule has 0 unspecified atom stereocenters. The summed E-state index contributed by atoms with van der Waals surface area (Å²) >= 11 is 0. The average molecular weight is 653 g/mol. The summed E-state index contributed by atoms with van der Waals surface area (Å²) in [6.07, 6.45) is 0. The summed E-state index contributed by atoms with van der Waals surface area (Å²) in [6.45, 7) is 0. The molecule has 2 aromatic heterocycles. The van der Waals surface area contributed by atoms with Crippen molar-refractivity contribution in [2.24, 2.45) is 0 Å². The topological polar surface area (TPSA) is 75.6 Å². The van der Waals surface area contributed by atoms with Gasteiger partial charge in [0.25, 0.3) is 0 Å². The van der Waals surface area contributed by atoms with Gasteiger partial charge in [-0.1, -0.05) is 140 Å². The van der Waals surface area contributed by atoms with Gasteiger partial charge in [-0.15, -0.1) is 0 Å². The van der Waals surface area contributed by atoms with Crippen molar-refractivity contribution in [3.63, 3.8) is 0 Å². The van der Waals surface area contributed by atoms with Crippen LogP contribution in [0.2, 0.25) is 0 Å². The van der Waals surface area contributed by atoms with Crippen LogP contribution in [0.25, 0.3) is 89.5 Å². The number of aromatic nitrogens is 3. The minimum atomic E-state index is 0.523. The second kappa shape index (κ2) is 12.7. The van der Waals surface area contributed by atoms with E-state index in [1.807, 2.05) is 84.9 Å². The number of benzene rings is 7. The second-order valence-corrected chi connectivity index (χ2v) is 12.4. The lowest BCUT2D eigenvalue weighted by molar-refractivity contribution is 0.669. The van der Waals surface area contributed by atoms with Crippen molar-refractivity contribution < 1.29 is 4.42 Å². The lowest BCUT2D eigenvalue weighted by Crippen LogP contribution is -2.00. The van der Waals surface area contributed by atoms with Crippen LogP contribution in [0.15, 0.2) is 174 Å². The molecule has 0 bridgehead atoms. The van der Waals surface area contributed by atoms with Crippen LogP contribution in [0.1, 0.15) is 5.56 Å². The van der Waals surface area contributed by atoms with Crippen LogP contribution in [0.4, 0.5) is 0 Å². The molecule has 238 valence electrons. The highest BCUT2D eigenvalue weighted by molar-refractivity contribution is 6.13. The predicted octanol–water partition coefficient (Wildman–Crippen LogP) is 11.6. The molecule has 0 spiro atoms. The quantitative estimate of drug-likeness (QED) is 0.179. The Bertz CT molecular complexity index is 2630. The molecule has 9 rings (SSSR count). The highest BCUT2D eigenvalue weighted by atomic mass is 16.3. The maximum absolute atomic E-state index is 9.73. The maximum atomic E-state index is 9.73. The average Bonchev–Trinajstić information content (AvgIpc) is 3.60. The molecular weight excluding hydrogens is 625 g/mol. The molecule has 0 saturated carbocycles. The summed E-state index contributed by atoms with van der Waals surface area (Å²) < 4.78 is 6.44. The molecule has 7 aromatic carbocycles. The maximum Gasteiger partial charge on any atom is 0.164 e. The largest absolute Gasteiger partial charge is 0.456 e. The Morgan fingerprint density at radius 2 is 0.882 bits per heavy atom. The zero-order valence-corrected chi connectivity index (χ0v) is 27.4. The summed E-state index contributed by atoms with van der Waals surface area (Å²) in [6, 6.07) is 59.3. The van der Waals surface area contributed by atoms with Gasteiger partial charge in [0, 0.05) is 27.5 Å². The van der Waals surface area contributed by atoms with Crippen LogP contribution >= 0.6 is 0 Å². The fourth-order valence-electron chi connectivity index (χ4n) is 6.62. The van der Waals surface area contributed by atoms with E-state index in [4.69, 9.17) is 19.4 Å². The van der Waals surface area contributed by atoms with E-state index in [1.54, 1.807) is 0 Å². The summed E-state index contributed by atoms with van der Waals surface area (Å²) in [5.74, 6) is 1.66. The standard InChI is InChI=1S/C46H28N4O/c47-29-30-10-9-15-37(26-30)40-27-38(28-42-43(40)39-16-7-8-17-41(39)51-42)46-49-44(35-22-18-33(19-23-35)31-11-3-1-4-12-31)48-45(50-46)36-24-20-34(21-25-36)32-13-5-2-6-14-32/h1-28H. The number of furan rings is 1. The Labute approximate surface area is 294 Å². The Balaban J connectivity index is 1.23. The summed E-state index contributed by atoms with van der Waals surface area (Å²) in [7, 11) is 0. The van der Waals surface area contributed by atoms with E-state index in [9.17, 15) is 5.26 Å². The minimum absolute atomic E-state index is 0.523. The van der Waals surface area contributed by atoms with Crippen LogP contribution in [-0.2, 0) is 0 Å². The van der Waals surface area contributed by atoms with E-state index >= 15 is 0 Å². The summed E-state index contributed by atoms with van der Waals surface area (Å²) in [4.78, 5) is 15.2. The van der Waals surface area contributed by atoms with Crippen molar-refractivity contribution in [1.82, 2.24) is 15.0 Å². The molecule has 5 nitrogen and oxygen atoms in total. The summed E-state index contributed by atoms with van der Waals surface area (Å²) in [5, 5.41) is 11.7. The molecule has 0 radical (unpaired) electrons. The van der Waals surface area contributed by atoms with Gasteiger partial charge < -0.3 is 4.42 Å². The molecule has 0 fully saturated rings. The number of fused-ring (bicyclic) bond motifs is 3. The molecule has 0 aliphatic rings. The SMILES string of the molecule is N#Cc1cccc(-c2cc(-c3nc(-c4ccc(-c5ccccc5)cc4)nc(-c4ccc(-c5ccccc5)cc4)n3)cc3oc4ccccc4c23)c1. The third kappa shape index (κ3) is 5.71. The number of rotatable bonds is 6. The molecule has 2 heterocycles.